The minimum absolute atomic E-state index is 0.00782. The highest BCUT2D eigenvalue weighted by molar-refractivity contribution is 6.00. The second kappa shape index (κ2) is 5.07. The normalized spacial score (nSPS) is 21.4. The first kappa shape index (κ1) is 13.4. The summed E-state index contributed by atoms with van der Waals surface area (Å²) in [6, 6.07) is 5.56. The van der Waals surface area contributed by atoms with Crippen LogP contribution in [0.2, 0.25) is 0 Å². The summed E-state index contributed by atoms with van der Waals surface area (Å²) in [5.74, 6) is -0.443. The molecule has 2 heterocycles. The Kier molecular flexibility index (Phi) is 3.40. The summed E-state index contributed by atoms with van der Waals surface area (Å²) in [5.41, 5.74) is 8.03. The molecule has 1 amide bonds. The molecule has 0 bridgehead atoms. The first-order chi connectivity index (χ1) is 9.61. The van der Waals surface area contributed by atoms with Gasteiger partial charge in [0.25, 0.3) is 5.91 Å². The largest absolute Gasteiger partial charge is 0.398 e. The Labute approximate surface area is 118 Å². The number of piperidine rings is 1. The van der Waals surface area contributed by atoms with Crippen LogP contribution in [0.15, 0.2) is 18.2 Å². The highest BCUT2D eigenvalue weighted by Gasteiger charge is 2.41. The molecule has 0 radical (unpaired) electrons. The van der Waals surface area contributed by atoms with Crippen LogP contribution in [0.1, 0.15) is 28.8 Å². The van der Waals surface area contributed by atoms with Gasteiger partial charge in [-0.2, -0.15) is 0 Å². The molecular weight excluding hydrogens is 256 g/mol. The van der Waals surface area contributed by atoms with Gasteiger partial charge in [0.1, 0.15) is 0 Å². The van der Waals surface area contributed by atoms with E-state index in [0.717, 1.165) is 18.4 Å². The van der Waals surface area contributed by atoms with E-state index in [1.54, 1.807) is 6.07 Å². The minimum atomic E-state index is -0.450. The number of anilines is 1. The van der Waals surface area contributed by atoms with Gasteiger partial charge < -0.3 is 20.1 Å². The predicted octanol–water partition coefficient (Wildman–Crippen LogP) is 1.56. The molecule has 1 spiro atoms. The van der Waals surface area contributed by atoms with Crippen molar-refractivity contribution in [3.05, 3.63) is 29.3 Å². The third-order valence-corrected chi connectivity index (χ3v) is 4.14. The molecule has 0 saturated carbocycles. The van der Waals surface area contributed by atoms with Gasteiger partial charge in [0.15, 0.2) is 5.79 Å². The van der Waals surface area contributed by atoms with Crippen LogP contribution in [-0.2, 0) is 9.47 Å². The van der Waals surface area contributed by atoms with E-state index in [1.807, 2.05) is 24.0 Å². The zero-order valence-electron chi connectivity index (χ0n) is 11.7. The first-order valence-corrected chi connectivity index (χ1v) is 7.04. The van der Waals surface area contributed by atoms with E-state index >= 15 is 0 Å². The highest BCUT2D eigenvalue weighted by Crippen LogP contribution is 2.32. The van der Waals surface area contributed by atoms with Gasteiger partial charge in [-0.1, -0.05) is 12.1 Å². The molecule has 1 aromatic rings. The lowest BCUT2D eigenvalue weighted by atomic mass is 10.0. The molecule has 3 rings (SSSR count). The number of benzene rings is 1. The molecule has 108 valence electrons. The van der Waals surface area contributed by atoms with Crippen molar-refractivity contribution >= 4 is 11.6 Å². The Balaban J connectivity index is 1.73. The van der Waals surface area contributed by atoms with Crippen molar-refractivity contribution in [2.75, 3.05) is 32.0 Å². The van der Waals surface area contributed by atoms with Gasteiger partial charge >= 0.3 is 0 Å². The van der Waals surface area contributed by atoms with Gasteiger partial charge in [-0.3, -0.25) is 4.79 Å². The van der Waals surface area contributed by atoms with Crippen LogP contribution in [0.3, 0.4) is 0 Å². The number of ether oxygens (including phenoxy) is 2. The van der Waals surface area contributed by atoms with E-state index in [1.165, 1.54) is 0 Å². The predicted molar refractivity (Wildman–Crippen MR) is 75.4 cm³/mol. The van der Waals surface area contributed by atoms with E-state index in [0.29, 0.717) is 37.6 Å². The van der Waals surface area contributed by atoms with Crippen LogP contribution in [0.5, 0.6) is 0 Å². The van der Waals surface area contributed by atoms with E-state index in [4.69, 9.17) is 15.2 Å². The summed E-state index contributed by atoms with van der Waals surface area (Å²) >= 11 is 0. The number of amides is 1. The standard InChI is InChI=1S/C15H20N2O3/c1-11-3-2-4-12(16)13(11)14(18)17-7-5-15(6-8-17)19-9-10-20-15/h2-4H,5-10,16H2,1H3. The van der Waals surface area contributed by atoms with Gasteiger partial charge in [0.05, 0.1) is 18.8 Å². The zero-order chi connectivity index (χ0) is 14.2. The fraction of sp³-hybridized carbons (Fsp3) is 0.533. The lowest BCUT2D eigenvalue weighted by Gasteiger charge is -2.37. The highest BCUT2D eigenvalue weighted by atomic mass is 16.7. The third-order valence-electron chi connectivity index (χ3n) is 4.14. The number of nitrogens with zero attached hydrogens (tertiary/aromatic N) is 1. The molecule has 5 nitrogen and oxygen atoms in total. The third kappa shape index (κ3) is 2.27. The van der Waals surface area contributed by atoms with Crippen LogP contribution in [-0.4, -0.2) is 42.9 Å². The molecule has 2 saturated heterocycles. The fourth-order valence-corrected chi connectivity index (χ4v) is 2.98. The summed E-state index contributed by atoms with van der Waals surface area (Å²) in [4.78, 5) is 14.5. The number of aryl methyl sites for hydroxylation is 1. The second-order valence-electron chi connectivity index (χ2n) is 5.44. The maximum absolute atomic E-state index is 12.6. The Morgan fingerprint density at radius 1 is 1.25 bits per heavy atom. The Morgan fingerprint density at radius 2 is 1.90 bits per heavy atom. The zero-order valence-corrected chi connectivity index (χ0v) is 11.7. The van der Waals surface area contributed by atoms with Crippen LogP contribution < -0.4 is 5.73 Å². The molecular formula is C15H20N2O3. The molecule has 20 heavy (non-hydrogen) atoms. The number of carbonyl (C=O) groups is 1. The number of hydrogen-bond acceptors (Lipinski definition) is 4. The number of carbonyl (C=O) groups excluding carboxylic acids is 1. The number of rotatable bonds is 1. The number of likely N-dealkylation sites (tertiary alicyclic amines) is 1. The Bertz CT molecular complexity index is 494. The smallest absolute Gasteiger partial charge is 0.256 e. The van der Waals surface area contributed by atoms with Crippen molar-refractivity contribution in [3.63, 3.8) is 0 Å². The maximum atomic E-state index is 12.6. The second-order valence-corrected chi connectivity index (χ2v) is 5.44. The maximum Gasteiger partial charge on any atom is 0.256 e. The van der Waals surface area contributed by atoms with Crippen LogP contribution >= 0.6 is 0 Å². The summed E-state index contributed by atoms with van der Waals surface area (Å²) in [6.45, 7) is 4.51. The van der Waals surface area contributed by atoms with E-state index in [2.05, 4.69) is 0 Å². The molecule has 5 heteroatoms. The molecule has 0 unspecified atom stereocenters. The average Bonchev–Trinajstić information content (AvgIpc) is 2.87. The quantitative estimate of drug-likeness (QED) is 0.791. The molecule has 0 aromatic heterocycles. The molecule has 2 fully saturated rings. The number of hydrogen-bond donors (Lipinski definition) is 1. The van der Waals surface area contributed by atoms with Crippen molar-refractivity contribution in [2.45, 2.75) is 25.6 Å². The fourth-order valence-electron chi connectivity index (χ4n) is 2.98. The summed E-state index contributed by atoms with van der Waals surface area (Å²) in [5, 5.41) is 0. The van der Waals surface area contributed by atoms with Crippen molar-refractivity contribution < 1.29 is 14.3 Å². The summed E-state index contributed by atoms with van der Waals surface area (Å²) < 4.78 is 11.4. The number of nitrogen functional groups attached to an aromatic ring is 1. The van der Waals surface area contributed by atoms with Gasteiger partial charge in [-0.05, 0) is 18.6 Å². The average molecular weight is 276 g/mol. The van der Waals surface area contributed by atoms with Gasteiger partial charge in [-0.25, -0.2) is 0 Å². The summed E-state index contributed by atoms with van der Waals surface area (Å²) in [7, 11) is 0. The van der Waals surface area contributed by atoms with E-state index in [9.17, 15) is 4.79 Å². The van der Waals surface area contributed by atoms with E-state index < -0.39 is 5.79 Å². The lowest BCUT2D eigenvalue weighted by Crippen LogP contribution is -2.47. The molecule has 2 N–H and O–H groups in total. The van der Waals surface area contributed by atoms with Crippen molar-refractivity contribution in [2.24, 2.45) is 0 Å². The molecule has 2 aliphatic rings. The first-order valence-electron chi connectivity index (χ1n) is 7.04. The van der Waals surface area contributed by atoms with Crippen LogP contribution in [0.4, 0.5) is 5.69 Å². The van der Waals surface area contributed by atoms with E-state index in [-0.39, 0.29) is 5.91 Å². The molecule has 2 aliphatic heterocycles. The molecule has 0 atom stereocenters. The van der Waals surface area contributed by atoms with Crippen LogP contribution in [0.25, 0.3) is 0 Å². The lowest BCUT2D eigenvalue weighted by molar-refractivity contribution is -0.181. The molecule has 1 aromatic carbocycles. The van der Waals surface area contributed by atoms with Gasteiger partial charge in [0.2, 0.25) is 0 Å². The monoisotopic (exact) mass is 276 g/mol. The van der Waals surface area contributed by atoms with Gasteiger partial charge in [0, 0.05) is 31.6 Å². The van der Waals surface area contributed by atoms with Gasteiger partial charge in [-0.15, -0.1) is 0 Å². The minimum Gasteiger partial charge on any atom is -0.398 e. The molecule has 0 aliphatic carbocycles. The SMILES string of the molecule is Cc1cccc(N)c1C(=O)N1CCC2(CC1)OCCO2. The summed E-state index contributed by atoms with van der Waals surface area (Å²) in [6.07, 6.45) is 1.45. The van der Waals surface area contributed by atoms with Crippen molar-refractivity contribution in [3.8, 4) is 0 Å². The number of nitrogens with two attached hydrogens (primary N) is 1. The van der Waals surface area contributed by atoms with Crippen molar-refractivity contribution in [1.29, 1.82) is 0 Å². The van der Waals surface area contributed by atoms with Crippen molar-refractivity contribution in [1.82, 2.24) is 4.90 Å². The topological polar surface area (TPSA) is 64.8 Å². The Morgan fingerprint density at radius 3 is 2.50 bits per heavy atom. The Hall–Kier alpha value is -1.59. The van der Waals surface area contributed by atoms with Crippen LogP contribution in [0, 0.1) is 6.92 Å².